The second-order valence-electron chi connectivity index (χ2n) is 4.13. The van der Waals surface area contributed by atoms with E-state index < -0.39 is 12.0 Å². The predicted octanol–water partition coefficient (Wildman–Crippen LogP) is 1.37. The van der Waals surface area contributed by atoms with Crippen molar-refractivity contribution < 1.29 is 19.4 Å². The summed E-state index contributed by atoms with van der Waals surface area (Å²) in [6, 6.07) is 0.693. The Morgan fingerprint density at radius 1 is 1.56 bits per heavy atom. The van der Waals surface area contributed by atoms with Crippen LogP contribution in [0.25, 0.3) is 0 Å². The number of halogens is 1. The van der Waals surface area contributed by atoms with Crippen LogP contribution in [-0.2, 0) is 11.2 Å². The lowest BCUT2D eigenvalue weighted by atomic mass is 9.99. The van der Waals surface area contributed by atoms with Gasteiger partial charge in [0.05, 0.1) is 0 Å². The molecule has 0 saturated heterocycles. The minimum atomic E-state index is -1.06. The molecule has 1 heterocycles. The largest absolute Gasteiger partial charge is 0.486 e. The molecule has 1 aromatic rings. The number of carbonyl (C=O) groups is 1. The summed E-state index contributed by atoms with van der Waals surface area (Å²) < 4.78 is 11.0. The summed E-state index contributed by atoms with van der Waals surface area (Å²) in [5, 5.41) is 9.40. The quantitative estimate of drug-likeness (QED) is 0.868. The first kappa shape index (κ1) is 13.0. The number of carboxylic acid groups (broad SMARTS) is 1. The fourth-order valence-corrected chi connectivity index (χ4v) is 2.08. The number of hydrogen-bond acceptors (Lipinski definition) is 4. The van der Waals surface area contributed by atoms with Crippen LogP contribution in [-0.4, -0.2) is 30.3 Å². The van der Waals surface area contributed by atoms with E-state index in [0.717, 1.165) is 5.56 Å². The maximum absolute atomic E-state index is 10.8. The Balaban J connectivity index is 2.43. The van der Waals surface area contributed by atoms with Gasteiger partial charge in [-0.2, -0.15) is 0 Å². The third-order valence-corrected chi connectivity index (χ3v) is 3.29. The van der Waals surface area contributed by atoms with Gasteiger partial charge in [0.15, 0.2) is 11.5 Å². The van der Waals surface area contributed by atoms with Crippen LogP contribution in [0.2, 0.25) is 5.02 Å². The molecule has 0 spiro atoms. The number of rotatable bonds is 3. The molecule has 0 aliphatic carbocycles. The molecule has 1 unspecified atom stereocenters. The molecule has 0 bridgehead atoms. The highest BCUT2D eigenvalue weighted by Gasteiger charge is 2.23. The lowest BCUT2D eigenvalue weighted by molar-refractivity contribution is -0.138. The molecule has 0 radical (unpaired) electrons. The zero-order valence-electron chi connectivity index (χ0n) is 9.90. The van der Waals surface area contributed by atoms with E-state index in [0.29, 0.717) is 35.3 Å². The Hall–Kier alpha value is -1.46. The Morgan fingerprint density at radius 2 is 2.22 bits per heavy atom. The van der Waals surface area contributed by atoms with Crippen molar-refractivity contribution in [2.75, 3.05) is 13.2 Å². The molecule has 18 heavy (non-hydrogen) atoms. The lowest BCUT2D eigenvalue weighted by Gasteiger charge is -2.24. The van der Waals surface area contributed by atoms with E-state index in [1.807, 2.05) is 6.92 Å². The number of carboxylic acids is 1. The summed E-state index contributed by atoms with van der Waals surface area (Å²) >= 11 is 6.09. The number of ether oxygens (including phenoxy) is 2. The first-order valence-electron chi connectivity index (χ1n) is 5.56. The second-order valence-corrected chi connectivity index (χ2v) is 4.54. The SMILES string of the molecule is Cc1c(Cl)cc2c(c1CC(N)C(=O)O)OCCO2. The summed E-state index contributed by atoms with van der Waals surface area (Å²) in [5.74, 6) is 0.0455. The van der Waals surface area contributed by atoms with Crippen LogP contribution in [0.4, 0.5) is 0 Å². The molecule has 5 nitrogen and oxygen atoms in total. The fraction of sp³-hybridized carbons (Fsp3) is 0.417. The molecule has 1 aliphatic heterocycles. The zero-order valence-corrected chi connectivity index (χ0v) is 10.7. The van der Waals surface area contributed by atoms with Crippen molar-refractivity contribution in [3.05, 3.63) is 22.2 Å². The highest BCUT2D eigenvalue weighted by atomic mass is 35.5. The van der Waals surface area contributed by atoms with Gasteiger partial charge in [-0.3, -0.25) is 4.79 Å². The minimum absolute atomic E-state index is 0.160. The standard InChI is InChI=1S/C12H14ClNO4/c1-6-7(4-9(14)12(15)16)11-10(5-8(6)13)17-2-3-18-11/h5,9H,2-4,14H2,1H3,(H,15,16). The van der Waals surface area contributed by atoms with Crippen LogP contribution in [0.1, 0.15) is 11.1 Å². The third kappa shape index (κ3) is 2.37. The van der Waals surface area contributed by atoms with Crippen LogP contribution in [0.3, 0.4) is 0 Å². The van der Waals surface area contributed by atoms with E-state index in [-0.39, 0.29) is 6.42 Å². The Bertz CT molecular complexity index is 489. The topological polar surface area (TPSA) is 81.8 Å². The van der Waals surface area contributed by atoms with Crippen molar-refractivity contribution in [2.45, 2.75) is 19.4 Å². The molecule has 0 aromatic heterocycles. The van der Waals surface area contributed by atoms with Crippen LogP contribution < -0.4 is 15.2 Å². The van der Waals surface area contributed by atoms with Gasteiger partial charge in [0.2, 0.25) is 0 Å². The first-order chi connectivity index (χ1) is 8.50. The normalized spacial score (nSPS) is 15.3. The van der Waals surface area contributed by atoms with Gasteiger partial charge in [-0.15, -0.1) is 0 Å². The Labute approximate surface area is 109 Å². The molecule has 0 amide bonds. The lowest BCUT2D eigenvalue weighted by Crippen LogP contribution is -2.33. The Morgan fingerprint density at radius 3 is 2.89 bits per heavy atom. The third-order valence-electron chi connectivity index (χ3n) is 2.90. The molecule has 0 fully saturated rings. The number of aliphatic carboxylic acids is 1. The molecule has 3 N–H and O–H groups in total. The molecule has 6 heteroatoms. The average molecular weight is 272 g/mol. The van der Waals surface area contributed by atoms with Crippen LogP contribution >= 0.6 is 11.6 Å². The van der Waals surface area contributed by atoms with Crippen molar-refractivity contribution in [3.63, 3.8) is 0 Å². The van der Waals surface area contributed by atoms with E-state index in [1.165, 1.54) is 0 Å². The smallest absolute Gasteiger partial charge is 0.320 e. The molecule has 1 aromatic carbocycles. The molecule has 98 valence electrons. The molecular weight excluding hydrogens is 258 g/mol. The highest BCUT2D eigenvalue weighted by molar-refractivity contribution is 6.31. The maximum Gasteiger partial charge on any atom is 0.320 e. The van der Waals surface area contributed by atoms with Gasteiger partial charge in [0, 0.05) is 23.1 Å². The van der Waals surface area contributed by atoms with Crippen molar-refractivity contribution in [1.29, 1.82) is 0 Å². The molecule has 1 aliphatic rings. The van der Waals surface area contributed by atoms with E-state index in [9.17, 15) is 4.79 Å². The van der Waals surface area contributed by atoms with Gasteiger partial charge < -0.3 is 20.3 Å². The molecule has 1 atom stereocenters. The van der Waals surface area contributed by atoms with Crippen molar-refractivity contribution >= 4 is 17.6 Å². The summed E-state index contributed by atoms with van der Waals surface area (Å²) in [6.07, 6.45) is 0.160. The zero-order chi connectivity index (χ0) is 13.3. The molecular formula is C12H14ClNO4. The van der Waals surface area contributed by atoms with Crippen molar-refractivity contribution in [2.24, 2.45) is 5.73 Å². The average Bonchev–Trinajstić information content (AvgIpc) is 2.34. The van der Waals surface area contributed by atoms with Gasteiger partial charge in [-0.25, -0.2) is 0 Å². The summed E-state index contributed by atoms with van der Waals surface area (Å²) in [7, 11) is 0. The number of hydrogen-bond donors (Lipinski definition) is 2. The van der Waals surface area contributed by atoms with Crippen molar-refractivity contribution in [3.8, 4) is 11.5 Å². The molecule has 2 rings (SSSR count). The van der Waals surface area contributed by atoms with E-state index >= 15 is 0 Å². The van der Waals surface area contributed by atoms with Crippen LogP contribution in [0.15, 0.2) is 6.07 Å². The molecule has 0 saturated carbocycles. The number of nitrogens with two attached hydrogens (primary N) is 1. The Kier molecular flexibility index (Phi) is 3.63. The minimum Gasteiger partial charge on any atom is -0.486 e. The van der Waals surface area contributed by atoms with Gasteiger partial charge >= 0.3 is 5.97 Å². The maximum atomic E-state index is 10.8. The monoisotopic (exact) mass is 271 g/mol. The number of fused-ring (bicyclic) bond motifs is 1. The summed E-state index contributed by atoms with van der Waals surface area (Å²) in [5.41, 5.74) is 7.04. The second kappa shape index (κ2) is 5.04. The fourth-order valence-electron chi connectivity index (χ4n) is 1.87. The van der Waals surface area contributed by atoms with E-state index in [1.54, 1.807) is 6.07 Å². The summed E-state index contributed by atoms with van der Waals surface area (Å²) in [6.45, 7) is 2.70. The van der Waals surface area contributed by atoms with Crippen LogP contribution in [0, 0.1) is 6.92 Å². The number of benzene rings is 1. The van der Waals surface area contributed by atoms with E-state index in [4.69, 9.17) is 31.9 Å². The van der Waals surface area contributed by atoms with Gasteiger partial charge in [-0.05, 0) is 12.5 Å². The van der Waals surface area contributed by atoms with E-state index in [2.05, 4.69) is 0 Å². The van der Waals surface area contributed by atoms with Crippen LogP contribution in [0.5, 0.6) is 11.5 Å². The van der Waals surface area contributed by atoms with Gasteiger partial charge in [0.1, 0.15) is 19.3 Å². The predicted molar refractivity (Wildman–Crippen MR) is 66.5 cm³/mol. The first-order valence-corrected chi connectivity index (χ1v) is 5.94. The highest BCUT2D eigenvalue weighted by Crippen LogP contribution is 2.40. The van der Waals surface area contributed by atoms with Gasteiger partial charge in [-0.1, -0.05) is 11.6 Å². The van der Waals surface area contributed by atoms with Gasteiger partial charge in [0.25, 0.3) is 0 Å². The summed E-state index contributed by atoms with van der Waals surface area (Å²) in [4.78, 5) is 10.8. The van der Waals surface area contributed by atoms with Crippen molar-refractivity contribution in [1.82, 2.24) is 0 Å².